The van der Waals surface area contributed by atoms with Crippen LogP contribution in [0.4, 0.5) is 0 Å². The second kappa shape index (κ2) is 7.66. The van der Waals surface area contributed by atoms with Crippen LogP contribution in [-0.2, 0) is 9.59 Å². The molecule has 3 rings (SSSR count). The van der Waals surface area contributed by atoms with Gasteiger partial charge >= 0.3 is 11.9 Å². The van der Waals surface area contributed by atoms with E-state index in [1.54, 1.807) is 18.2 Å². The first-order chi connectivity index (χ1) is 12.5. The van der Waals surface area contributed by atoms with Crippen molar-refractivity contribution in [2.24, 2.45) is 0 Å². The predicted molar refractivity (Wildman–Crippen MR) is 99.9 cm³/mol. The molecule has 0 bridgehead atoms. The van der Waals surface area contributed by atoms with Crippen LogP contribution in [0.3, 0.4) is 0 Å². The Bertz CT molecular complexity index is 928. The summed E-state index contributed by atoms with van der Waals surface area (Å²) in [6.07, 6.45) is 0. The molecule has 130 valence electrons. The largest absolute Gasteiger partial charge is 0.427 e. The molecule has 0 aliphatic heterocycles. The quantitative estimate of drug-likeness (QED) is 0.499. The Morgan fingerprint density at radius 2 is 1.23 bits per heavy atom. The maximum absolute atomic E-state index is 11.4. The average Bonchev–Trinajstić information content (AvgIpc) is 2.63. The third-order valence-corrected chi connectivity index (χ3v) is 3.77. The van der Waals surface area contributed by atoms with Crippen LogP contribution in [-0.4, -0.2) is 11.9 Å². The van der Waals surface area contributed by atoms with Crippen LogP contribution in [0.25, 0.3) is 22.3 Å². The topological polar surface area (TPSA) is 52.6 Å². The summed E-state index contributed by atoms with van der Waals surface area (Å²) in [7, 11) is 0. The van der Waals surface area contributed by atoms with E-state index in [9.17, 15) is 9.59 Å². The Hall–Kier alpha value is -3.40. The van der Waals surface area contributed by atoms with Gasteiger partial charge in [-0.3, -0.25) is 9.59 Å². The normalized spacial score (nSPS) is 10.2. The molecule has 0 unspecified atom stereocenters. The summed E-state index contributed by atoms with van der Waals surface area (Å²) in [5.41, 5.74) is 3.74. The summed E-state index contributed by atoms with van der Waals surface area (Å²) in [5.74, 6) is -0.000551. The number of benzene rings is 3. The highest BCUT2D eigenvalue weighted by atomic mass is 16.5. The molecule has 3 aromatic carbocycles. The standard InChI is InChI=1S/C22H18O4/c1-15(23)25-20-12-13-22(26-16(2)24)21(14-20)19-10-8-18(9-11-19)17-6-4-3-5-7-17/h3-14H,1-2H3. The van der Waals surface area contributed by atoms with Crippen molar-refractivity contribution in [2.45, 2.75) is 13.8 Å². The molecule has 0 saturated heterocycles. The maximum atomic E-state index is 11.4. The number of hydrogen-bond acceptors (Lipinski definition) is 4. The minimum Gasteiger partial charge on any atom is -0.427 e. The lowest BCUT2D eigenvalue weighted by molar-refractivity contribution is -0.133. The van der Waals surface area contributed by atoms with E-state index in [0.29, 0.717) is 17.1 Å². The molecule has 0 heterocycles. The fraction of sp³-hybridized carbons (Fsp3) is 0.0909. The summed E-state index contributed by atoms with van der Waals surface area (Å²) in [5, 5.41) is 0. The van der Waals surface area contributed by atoms with Crippen molar-refractivity contribution in [1.82, 2.24) is 0 Å². The number of carbonyl (C=O) groups excluding carboxylic acids is 2. The Morgan fingerprint density at radius 1 is 0.654 bits per heavy atom. The van der Waals surface area contributed by atoms with E-state index in [4.69, 9.17) is 9.47 Å². The molecule has 0 aromatic heterocycles. The van der Waals surface area contributed by atoms with Crippen molar-refractivity contribution in [2.75, 3.05) is 0 Å². The minimum absolute atomic E-state index is 0.399. The van der Waals surface area contributed by atoms with Gasteiger partial charge < -0.3 is 9.47 Å². The van der Waals surface area contributed by atoms with Gasteiger partial charge in [-0.15, -0.1) is 0 Å². The van der Waals surface area contributed by atoms with Crippen molar-refractivity contribution in [3.8, 4) is 33.8 Å². The van der Waals surface area contributed by atoms with Crippen molar-refractivity contribution >= 4 is 11.9 Å². The van der Waals surface area contributed by atoms with Gasteiger partial charge in [0.05, 0.1) is 0 Å². The van der Waals surface area contributed by atoms with Gasteiger partial charge in [0.2, 0.25) is 0 Å². The summed E-state index contributed by atoms with van der Waals surface area (Å²) >= 11 is 0. The van der Waals surface area contributed by atoms with Crippen LogP contribution in [0.2, 0.25) is 0 Å². The molecule has 4 nitrogen and oxygen atoms in total. The Labute approximate surface area is 152 Å². The van der Waals surface area contributed by atoms with Crippen LogP contribution >= 0.6 is 0 Å². The second-order valence-corrected chi connectivity index (χ2v) is 5.79. The van der Waals surface area contributed by atoms with Crippen LogP contribution in [0, 0.1) is 0 Å². The van der Waals surface area contributed by atoms with Crippen molar-refractivity contribution in [3.63, 3.8) is 0 Å². The Morgan fingerprint density at radius 3 is 1.85 bits per heavy atom. The summed E-state index contributed by atoms with van der Waals surface area (Å²) in [4.78, 5) is 22.6. The molecule has 26 heavy (non-hydrogen) atoms. The number of ether oxygens (including phenoxy) is 2. The van der Waals surface area contributed by atoms with Gasteiger partial charge in [0.1, 0.15) is 11.5 Å². The third kappa shape index (κ3) is 4.16. The van der Waals surface area contributed by atoms with E-state index in [-0.39, 0.29) is 0 Å². The predicted octanol–water partition coefficient (Wildman–Crippen LogP) is 4.87. The van der Waals surface area contributed by atoms with Gasteiger partial charge in [-0.25, -0.2) is 0 Å². The van der Waals surface area contributed by atoms with Gasteiger partial charge in [-0.1, -0.05) is 54.6 Å². The van der Waals surface area contributed by atoms with Gasteiger partial charge in [0.15, 0.2) is 0 Å². The summed E-state index contributed by atoms with van der Waals surface area (Å²) in [6, 6.07) is 22.9. The Balaban J connectivity index is 2.00. The first kappa shape index (κ1) is 17.4. The summed E-state index contributed by atoms with van der Waals surface area (Å²) in [6.45, 7) is 2.69. The highest BCUT2D eigenvalue weighted by Gasteiger charge is 2.12. The molecule has 0 spiro atoms. The first-order valence-corrected chi connectivity index (χ1v) is 8.19. The lowest BCUT2D eigenvalue weighted by Gasteiger charge is -2.12. The van der Waals surface area contributed by atoms with E-state index in [0.717, 1.165) is 16.7 Å². The van der Waals surface area contributed by atoms with E-state index in [2.05, 4.69) is 0 Å². The second-order valence-electron chi connectivity index (χ2n) is 5.79. The zero-order valence-electron chi connectivity index (χ0n) is 14.6. The molecule has 0 amide bonds. The fourth-order valence-corrected chi connectivity index (χ4v) is 2.68. The molecule has 0 aliphatic carbocycles. The van der Waals surface area contributed by atoms with Crippen LogP contribution in [0.15, 0.2) is 72.8 Å². The maximum Gasteiger partial charge on any atom is 0.308 e. The molecular formula is C22H18O4. The Kier molecular flexibility index (Phi) is 5.13. The molecule has 0 atom stereocenters. The minimum atomic E-state index is -0.410. The van der Waals surface area contributed by atoms with Gasteiger partial charge in [-0.05, 0) is 34.9 Å². The van der Waals surface area contributed by atoms with Crippen molar-refractivity contribution < 1.29 is 19.1 Å². The van der Waals surface area contributed by atoms with E-state index in [1.807, 2.05) is 54.6 Å². The lowest BCUT2D eigenvalue weighted by Crippen LogP contribution is -2.04. The zero-order chi connectivity index (χ0) is 18.5. The van der Waals surface area contributed by atoms with Crippen LogP contribution in [0.5, 0.6) is 11.5 Å². The van der Waals surface area contributed by atoms with E-state index in [1.165, 1.54) is 13.8 Å². The number of esters is 2. The van der Waals surface area contributed by atoms with Gasteiger partial charge in [0.25, 0.3) is 0 Å². The highest BCUT2D eigenvalue weighted by Crippen LogP contribution is 2.35. The molecule has 4 heteroatoms. The van der Waals surface area contributed by atoms with Gasteiger partial charge in [-0.2, -0.15) is 0 Å². The monoisotopic (exact) mass is 346 g/mol. The zero-order valence-corrected chi connectivity index (χ0v) is 14.6. The van der Waals surface area contributed by atoms with Crippen LogP contribution in [0.1, 0.15) is 13.8 Å². The van der Waals surface area contributed by atoms with Crippen molar-refractivity contribution in [1.29, 1.82) is 0 Å². The molecular weight excluding hydrogens is 328 g/mol. The number of hydrogen-bond donors (Lipinski definition) is 0. The smallest absolute Gasteiger partial charge is 0.308 e. The average molecular weight is 346 g/mol. The molecule has 0 saturated carbocycles. The molecule has 0 aliphatic rings. The molecule has 0 N–H and O–H groups in total. The fourth-order valence-electron chi connectivity index (χ4n) is 2.68. The lowest BCUT2D eigenvalue weighted by atomic mass is 9.99. The van der Waals surface area contributed by atoms with Gasteiger partial charge in [0, 0.05) is 19.4 Å². The van der Waals surface area contributed by atoms with E-state index < -0.39 is 11.9 Å². The first-order valence-electron chi connectivity index (χ1n) is 8.19. The highest BCUT2D eigenvalue weighted by molar-refractivity contribution is 5.80. The third-order valence-electron chi connectivity index (χ3n) is 3.77. The SMILES string of the molecule is CC(=O)Oc1ccc(OC(C)=O)c(-c2ccc(-c3ccccc3)cc2)c1. The van der Waals surface area contributed by atoms with E-state index >= 15 is 0 Å². The molecule has 0 radical (unpaired) electrons. The number of rotatable bonds is 4. The molecule has 3 aromatic rings. The van der Waals surface area contributed by atoms with Crippen LogP contribution < -0.4 is 9.47 Å². The van der Waals surface area contributed by atoms with Crippen molar-refractivity contribution in [3.05, 3.63) is 72.8 Å². The summed E-state index contributed by atoms with van der Waals surface area (Å²) < 4.78 is 10.4. The number of carbonyl (C=O) groups is 2. The molecule has 0 fully saturated rings.